The van der Waals surface area contributed by atoms with Crippen LogP contribution in [0.15, 0.2) is 48.5 Å². The molecule has 2 aromatic heterocycles. The molecule has 8 nitrogen and oxygen atoms in total. The van der Waals surface area contributed by atoms with Crippen LogP contribution in [0.4, 0.5) is 0 Å². The van der Waals surface area contributed by atoms with Crippen molar-refractivity contribution in [3.63, 3.8) is 0 Å². The summed E-state index contributed by atoms with van der Waals surface area (Å²) in [6.07, 6.45) is 1.33. The molecule has 1 unspecified atom stereocenters. The van der Waals surface area contributed by atoms with Crippen LogP contribution in [0, 0.1) is 33.6 Å². The summed E-state index contributed by atoms with van der Waals surface area (Å²) in [7, 11) is 1.94. The number of carbonyl (C=O) groups is 2. The first-order chi connectivity index (χ1) is 23.0. The molecule has 0 fully saturated rings. The summed E-state index contributed by atoms with van der Waals surface area (Å²) in [4.78, 5) is 27.6. The van der Waals surface area contributed by atoms with E-state index in [9.17, 15) is 9.59 Å². The van der Waals surface area contributed by atoms with E-state index in [1.165, 1.54) is 0 Å². The molecule has 0 bridgehead atoms. The number of carbonyl (C=O) groups excluding carboxylic acids is 2. The molecule has 1 amide bonds. The van der Waals surface area contributed by atoms with Crippen LogP contribution in [0.2, 0.25) is 10.0 Å². The van der Waals surface area contributed by atoms with Gasteiger partial charge in [-0.3, -0.25) is 14.3 Å². The van der Waals surface area contributed by atoms with E-state index in [1.54, 1.807) is 12.1 Å². The number of amides is 1. The van der Waals surface area contributed by atoms with E-state index < -0.39 is 0 Å². The van der Waals surface area contributed by atoms with Gasteiger partial charge in [-0.2, -0.15) is 5.10 Å². The Kier molecular flexibility index (Phi) is 9.59. The number of fused-ring (bicyclic) bond motifs is 3. The number of rotatable bonds is 10. The summed E-state index contributed by atoms with van der Waals surface area (Å²) in [5, 5.41) is 7.09. The van der Waals surface area contributed by atoms with Gasteiger partial charge >= 0.3 is 0 Å². The number of aromatic nitrogens is 3. The van der Waals surface area contributed by atoms with Gasteiger partial charge in [0, 0.05) is 53.9 Å². The molecule has 3 aromatic carbocycles. The standard InChI is InChI=1S/C38H40Cl2N4O4/c1-22-18-43(20-27-9-7-10-28(17-27)48-21-45)38(46)37-30(11-8-14-47-29-15-23(2)35(40)24(3)16-29)31-12-13-32(39)34(36(31)44(37)19-22)33-25(4)41-42(6)26(33)5/h7,9-10,12-13,15-17,21-22H,8,11,14,18-20H2,1-6H3. The molecule has 1 atom stereocenters. The Morgan fingerprint density at radius 3 is 2.42 bits per heavy atom. The van der Waals surface area contributed by atoms with Gasteiger partial charge in [0.05, 0.1) is 22.8 Å². The van der Waals surface area contributed by atoms with Crippen LogP contribution in [0.1, 0.15) is 57.5 Å². The number of benzene rings is 3. The molecule has 48 heavy (non-hydrogen) atoms. The first-order valence-electron chi connectivity index (χ1n) is 16.2. The molecular formula is C38H40Cl2N4O4. The largest absolute Gasteiger partial charge is 0.494 e. The zero-order valence-corrected chi connectivity index (χ0v) is 29.7. The highest BCUT2D eigenvalue weighted by molar-refractivity contribution is 6.35. The number of nitrogens with zero attached hydrogens (tertiary/aromatic N) is 4. The van der Waals surface area contributed by atoms with E-state index in [-0.39, 0.29) is 11.8 Å². The highest BCUT2D eigenvalue weighted by atomic mass is 35.5. The van der Waals surface area contributed by atoms with Crippen LogP contribution >= 0.6 is 23.2 Å². The minimum Gasteiger partial charge on any atom is -0.494 e. The average Bonchev–Trinajstić information content (AvgIpc) is 3.43. The van der Waals surface area contributed by atoms with Gasteiger partial charge in [-0.15, -0.1) is 0 Å². The Labute approximate surface area is 291 Å². The zero-order chi connectivity index (χ0) is 34.3. The molecule has 0 saturated heterocycles. The van der Waals surface area contributed by atoms with Crippen LogP contribution in [0.5, 0.6) is 11.5 Å². The quantitative estimate of drug-likeness (QED) is 0.109. The second kappa shape index (κ2) is 13.7. The van der Waals surface area contributed by atoms with E-state index in [4.69, 9.17) is 37.8 Å². The molecule has 250 valence electrons. The summed E-state index contributed by atoms with van der Waals surface area (Å²) in [6, 6.07) is 15.2. The topological polar surface area (TPSA) is 78.6 Å². The molecule has 0 spiro atoms. The van der Waals surface area contributed by atoms with Crippen molar-refractivity contribution in [1.82, 2.24) is 19.2 Å². The zero-order valence-electron chi connectivity index (χ0n) is 28.2. The van der Waals surface area contributed by atoms with Crippen LogP contribution in [0.25, 0.3) is 22.0 Å². The van der Waals surface area contributed by atoms with Crippen molar-refractivity contribution in [2.75, 3.05) is 13.2 Å². The second-order valence-electron chi connectivity index (χ2n) is 12.9. The van der Waals surface area contributed by atoms with Crippen LogP contribution in [-0.2, 0) is 31.4 Å². The number of hydrogen-bond donors (Lipinski definition) is 0. The minimum atomic E-state index is -0.0427. The lowest BCUT2D eigenvalue weighted by Gasteiger charge is -2.23. The van der Waals surface area contributed by atoms with Crippen molar-refractivity contribution in [2.45, 2.75) is 60.5 Å². The smallest absolute Gasteiger partial charge is 0.298 e. The van der Waals surface area contributed by atoms with Crippen molar-refractivity contribution >= 4 is 46.5 Å². The van der Waals surface area contributed by atoms with Crippen molar-refractivity contribution in [1.29, 1.82) is 0 Å². The van der Waals surface area contributed by atoms with E-state index >= 15 is 0 Å². The van der Waals surface area contributed by atoms with Gasteiger partial charge < -0.3 is 18.9 Å². The van der Waals surface area contributed by atoms with Gasteiger partial charge in [-0.05, 0) is 99.0 Å². The highest BCUT2D eigenvalue weighted by Gasteiger charge is 2.33. The van der Waals surface area contributed by atoms with Crippen molar-refractivity contribution in [3.8, 4) is 22.6 Å². The fraction of sp³-hybridized carbons (Fsp3) is 0.342. The molecule has 3 heterocycles. The average molecular weight is 688 g/mol. The summed E-state index contributed by atoms with van der Waals surface area (Å²) in [6.45, 7) is 12.7. The van der Waals surface area contributed by atoms with E-state index in [2.05, 4.69) is 17.6 Å². The lowest BCUT2D eigenvalue weighted by Crippen LogP contribution is -2.33. The number of aryl methyl sites for hydroxylation is 5. The molecular weight excluding hydrogens is 647 g/mol. The molecule has 1 aliphatic heterocycles. The van der Waals surface area contributed by atoms with E-state index in [0.29, 0.717) is 62.0 Å². The monoisotopic (exact) mass is 686 g/mol. The lowest BCUT2D eigenvalue weighted by molar-refractivity contribution is -0.120. The highest BCUT2D eigenvalue weighted by Crippen LogP contribution is 2.43. The van der Waals surface area contributed by atoms with Gasteiger partial charge in [-0.1, -0.05) is 48.3 Å². The third kappa shape index (κ3) is 6.31. The SMILES string of the molecule is Cc1cc(OCCCc2c3n(c4c(-c5c(C)nn(C)c5C)c(Cl)ccc24)CC(C)CN(Cc2cccc(OC=O)c2)C3=O)cc(C)c1Cl. The normalized spacial score (nSPS) is 14.7. The van der Waals surface area contributed by atoms with Crippen molar-refractivity contribution < 1.29 is 19.1 Å². The summed E-state index contributed by atoms with van der Waals surface area (Å²) >= 11 is 13.4. The Balaban J connectivity index is 1.45. The molecule has 0 N–H and O–H groups in total. The third-order valence-electron chi connectivity index (χ3n) is 9.26. The first kappa shape index (κ1) is 33.6. The first-order valence-corrected chi connectivity index (χ1v) is 17.0. The Bertz CT molecular complexity index is 2020. The number of ether oxygens (including phenoxy) is 2. The van der Waals surface area contributed by atoms with Gasteiger partial charge in [0.15, 0.2) is 0 Å². The number of hydrogen-bond acceptors (Lipinski definition) is 5. The van der Waals surface area contributed by atoms with Gasteiger partial charge in [0.25, 0.3) is 12.4 Å². The van der Waals surface area contributed by atoms with Crippen LogP contribution in [0.3, 0.4) is 0 Å². The Morgan fingerprint density at radius 2 is 1.73 bits per heavy atom. The maximum Gasteiger partial charge on any atom is 0.298 e. The molecule has 6 rings (SSSR count). The molecule has 0 radical (unpaired) electrons. The number of halogens is 2. The Hall–Kier alpha value is -4.27. The molecule has 10 heteroatoms. The maximum atomic E-state index is 14.7. The molecule has 5 aromatic rings. The fourth-order valence-corrected chi connectivity index (χ4v) is 7.44. The maximum absolute atomic E-state index is 14.7. The van der Waals surface area contributed by atoms with Gasteiger partial charge in [-0.25, -0.2) is 0 Å². The molecule has 0 aliphatic carbocycles. The predicted molar refractivity (Wildman–Crippen MR) is 190 cm³/mol. The van der Waals surface area contributed by atoms with Crippen LogP contribution < -0.4 is 9.47 Å². The molecule has 0 saturated carbocycles. The lowest BCUT2D eigenvalue weighted by atomic mass is 9.98. The van der Waals surface area contributed by atoms with Crippen molar-refractivity contribution in [3.05, 3.63) is 97.9 Å². The summed E-state index contributed by atoms with van der Waals surface area (Å²) < 4.78 is 15.4. The minimum absolute atomic E-state index is 0.0427. The van der Waals surface area contributed by atoms with Gasteiger partial charge in [0.1, 0.15) is 17.2 Å². The predicted octanol–water partition coefficient (Wildman–Crippen LogP) is 8.42. The summed E-state index contributed by atoms with van der Waals surface area (Å²) in [5.41, 5.74) is 9.24. The summed E-state index contributed by atoms with van der Waals surface area (Å²) in [5.74, 6) is 1.33. The molecule has 1 aliphatic rings. The van der Waals surface area contributed by atoms with E-state index in [0.717, 1.165) is 66.4 Å². The third-order valence-corrected chi connectivity index (χ3v) is 10.2. The van der Waals surface area contributed by atoms with Crippen molar-refractivity contribution in [2.24, 2.45) is 13.0 Å². The van der Waals surface area contributed by atoms with Crippen LogP contribution in [-0.4, -0.2) is 44.8 Å². The Morgan fingerprint density at radius 1 is 0.979 bits per heavy atom. The van der Waals surface area contributed by atoms with Gasteiger partial charge in [0.2, 0.25) is 0 Å². The fourth-order valence-electron chi connectivity index (χ4n) is 7.08. The second-order valence-corrected chi connectivity index (χ2v) is 13.7. The van der Waals surface area contributed by atoms with E-state index in [1.807, 2.05) is 74.7 Å².